The van der Waals surface area contributed by atoms with Crippen LogP contribution in [0.4, 0.5) is 0 Å². The molecule has 1 aromatic carbocycles. The topological polar surface area (TPSA) is 64.6 Å². The molecule has 1 heterocycles. The Kier molecular flexibility index (Phi) is 4.50. The summed E-state index contributed by atoms with van der Waals surface area (Å²) in [5.74, 6) is 0.315. The van der Waals surface area contributed by atoms with E-state index in [1.165, 1.54) is 0 Å². The normalized spacial score (nSPS) is 24.5. The maximum Gasteiger partial charge on any atom is 0.329 e. The first kappa shape index (κ1) is 15.4. The lowest BCUT2D eigenvalue weighted by Crippen LogP contribution is -2.44. The van der Waals surface area contributed by atoms with E-state index in [9.17, 15) is 9.59 Å². The molecule has 1 N–H and O–H groups in total. The summed E-state index contributed by atoms with van der Waals surface area (Å²) < 4.78 is 10.2. The minimum absolute atomic E-state index is 0.107. The van der Waals surface area contributed by atoms with Crippen LogP contribution in [0.5, 0.6) is 5.75 Å². The molecule has 0 saturated carbocycles. The minimum atomic E-state index is -0.591. The van der Waals surface area contributed by atoms with Crippen LogP contribution < -0.4 is 10.1 Å². The van der Waals surface area contributed by atoms with E-state index in [0.29, 0.717) is 19.4 Å². The fourth-order valence-corrected chi connectivity index (χ4v) is 2.80. The van der Waals surface area contributed by atoms with Gasteiger partial charge in [-0.1, -0.05) is 19.1 Å². The first-order valence-electron chi connectivity index (χ1n) is 7.07. The van der Waals surface area contributed by atoms with Crippen LogP contribution in [0.15, 0.2) is 24.3 Å². The molecule has 0 spiro atoms. The van der Waals surface area contributed by atoms with E-state index in [1.54, 1.807) is 14.0 Å². The number of methoxy groups -OCH3 is 1. The van der Waals surface area contributed by atoms with E-state index in [4.69, 9.17) is 9.47 Å². The van der Waals surface area contributed by atoms with Crippen molar-refractivity contribution in [2.75, 3.05) is 13.7 Å². The minimum Gasteiger partial charge on any atom is -0.497 e. The third-order valence-corrected chi connectivity index (χ3v) is 3.86. The molecule has 2 rings (SSSR count). The Hall–Kier alpha value is -2.04. The SMILES string of the molecule is CCOC(=O)C1NC(=O)CC1(C)Cc1ccc(OC)cc1. The van der Waals surface area contributed by atoms with E-state index in [0.717, 1.165) is 11.3 Å². The van der Waals surface area contributed by atoms with Crippen LogP contribution in [0, 0.1) is 5.41 Å². The molecule has 21 heavy (non-hydrogen) atoms. The largest absolute Gasteiger partial charge is 0.497 e. The highest BCUT2D eigenvalue weighted by molar-refractivity contribution is 5.90. The summed E-state index contributed by atoms with van der Waals surface area (Å²) in [6, 6.07) is 7.07. The highest BCUT2D eigenvalue weighted by Crippen LogP contribution is 2.36. The molecule has 1 saturated heterocycles. The van der Waals surface area contributed by atoms with E-state index >= 15 is 0 Å². The lowest BCUT2D eigenvalue weighted by molar-refractivity contribution is -0.148. The number of carbonyl (C=O) groups excluding carboxylic acids is 2. The molecule has 5 nitrogen and oxygen atoms in total. The van der Waals surface area contributed by atoms with Crippen molar-refractivity contribution in [1.82, 2.24) is 5.32 Å². The summed E-state index contributed by atoms with van der Waals surface area (Å²) in [4.78, 5) is 23.8. The van der Waals surface area contributed by atoms with Gasteiger partial charge in [0, 0.05) is 11.8 Å². The van der Waals surface area contributed by atoms with Gasteiger partial charge >= 0.3 is 5.97 Å². The van der Waals surface area contributed by atoms with Gasteiger partial charge in [-0.3, -0.25) is 4.79 Å². The Balaban J connectivity index is 2.17. The van der Waals surface area contributed by atoms with Gasteiger partial charge in [0.15, 0.2) is 0 Å². The van der Waals surface area contributed by atoms with Crippen molar-refractivity contribution in [2.45, 2.75) is 32.7 Å². The van der Waals surface area contributed by atoms with Gasteiger partial charge in [0.2, 0.25) is 5.91 Å². The Morgan fingerprint density at radius 3 is 2.62 bits per heavy atom. The number of nitrogens with one attached hydrogen (secondary N) is 1. The lowest BCUT2D eigenvalue weighted by Gasteiger charge is -2.28. The zero-order valence-electron chi connectivity index (χ0n) is 12.6. The second kappa shape index (κ2) is 6.16. The van der Waals surface area contributed by atoms with Gasteiger partial charge in [0.25, 0.3) is 0 Å². The molecule has 114 valence electrons. The number of amides is 1. The van der Waals surface area contributed by atoms with E-state index in [2.05, 4.69) is 5.32 Å². The molecule has 1 aliphatic heterocycles. The Bertz CT molecular complexity index is 526. The smallest absolute Gasteiger partial charge is 0.329 e. The number of esters is 1. The van der Waals surface area contributed by atoms with E-state index < -0.39 is 11.5 Å². The molecule has 0 aliphatic carbocycles. The second-order valence-electron chi connectivity index (χ2n) is 5.61. The zero-order chi connectivity index (χ0) is 15.5. The van der Waals surface area contributed by atoms with Gasteiger partial charge < -0.3 is 14.8 Å². The first-order valence-corrected chi connectivity index (χ1v) is 7.07. The van der Waals surface area contributed by atoms with Crippen molar-refractivity contribution in [3.8, 4) is 5.75 Å². The van der Waals surface area contributed by atoms with E-state index in [-0.39, 0.29) is 11.9 Å². The van der Waals surface area contributed by atoms with Crippen molar-refractivity contribution in [3.05, 3.63) is 29.8 Å². The summed E-state index contributed by atoms with van der Waals surface area (Å²) in [7, 11) is 1.62. The molecule has 1 aromatic rings. The molecule has 1 amide bonds. The van der Waals surface area contributed by atoms with Gasteiger partial charge in [-0.15, -0.1) is 0 Å². The summed E-state index contributed by atoms with van der Waals surface area (Å²) >= 11 is 0. The maximum atomic E-state index is 12.0. The van der Waals surface area contributed by atoms with Crippen molar-refractivity contribution < 1.29 is 19.1 Å². The van der Waals surface area contributed by atoms with Crippen LogP contribution in [-0.4, -0.2) is 31.6 Å². The third kappa shape index (κ3) is 3.35. The van der Waals surface area contributed by atoms with E-state index in [1.807, 2.05) is 31.2 Å². The highest BCUT2D eigenvalue weighted by atomic mass is 16.5. The van der Waals surface area contributed by atoms with Crippen molar-refractivity contribution >= 4 is 11.9 Å². The first-order chi connectivity index (χ1) is 9.98. The lowest BCUT2D eigenvalue weighted by atomic mass is 9.77. The van der Waals surface area contributed by atoms with Crippen LogP contribution in [0.1, 0.15) is 25.8 Å². The molecule has 1 fully saturated rings. The Morgan fingerprint density at radius 1 is 1.38 bits per heavy atom. The predicted molar refractivity (Wildman–Crippen MR) is 78.0 cm³/mol. The molecule has 2 atom stereocenters. The predicted octanol–water partition coefficient (Wildman–Crippen LogP) is 1.70. The number of benzene rings is 1. The average molecular weight is 291 g/mol. The van der Waals surface area contributed by atoms with Crippen LogP contribution in [-0.2, 0) is 20.7 Å². The highest BCUT2D eigenvalue weighted by Gasteiger charge is 2.47. The number of carbonyl (C=O) groups is 2. The Labute approximate surface area is 124 Å². The molecule has 0 radical (unpaired) electrons. The van der Waals surface area contributed by atoms with Crippen molar-refractivity contribution in [3.63, 3.8) is 0 Å². The fraction of sp³-hybridized carbons (Fsp3) is 0.500. The summed E-state index contributed by atoms with van der Waals surface area (Å²) in [5, 5.41) is 2.73. The van der Waals surface area contributed by atoms with Gasteiger partial charge in [-0.2, -0.15) is 0 Å². The molecule has 0 bridgehead atoms. The van der Waals surface area contributed by atoms with Gasteiger partial charge in [0.05, 0.1) is 13.7 Å². The number of hydrogen-bond donors (Lipinski definition) is 1. The van der Waals surface area contributed by atoms with Crippen molar-refractivity contribution in [2.24, 2.45) is 5.41 Å². The summed E-state index contributed by atoms with van der Waals surface area (Å²) in [5.41, 5.74) is 0.585. The van der Waals surface area contributed by atoms with Gasteiger partial charge in [0.1, 0.15) is 11.8 Å². The molecule has 0 aromatic heterocycles. The van der Waals surface area contributed by atoms with Crippen LogP contribution >= 0.6 is 0 Å². The van der Waals surface area contributed by atoms with Crippen LogP contribution in [0.2, 0.25) is 0 Å². The maximum absolute atomic E-state index is 12.0. The third-order valence-electron chi connectivity index (χ3n) is 3.86. The molecular formula is C16H21NO4. The quantitative estimate of drug-likeness (QED) is 0.839. The fourth-order valence-electron chi connectivity index (χ4n) is 2.80. The van der Waals surface area contributed by atoms with Crippen LogP contribution in [0.25, 0.3) is 0 Å². The molecule has 5 heteroatoms. The summed E-state index contributed by atoms with van der Waals surface area (Å²) in [6.07, 6.45) is 0.946. The van der Waals surface area contributed by atoms with Crippen molar-refractivity contribution in [1.29, 1.82) is 0 Å². The average Bonchev–Trinajstić information content (AvgIpc) is 2.75. The number of hydrogen-bond acceptors (Lipinski definition) is 4. The number of ether oxygens (including phenoxy) is 2. The zero-order valence-corrected chi connectivity index (χ0v) is 12.6. The van der Waals surface area contributed by atoms with Gasteiger partial charge in [-0.25, -0.2) is 4.79 Å². The van der Waals surface area contributed by atoms with Gasteiger partial charge in [-0.05, 0) is 31.0 Å². The van der Waals surface area contributed by atoms with Crippen LogP contribution in [0.3, 0.4) is 0 Å². The monoisotopic (exact) mass is 291 g/mol. The molecular weight excluding hydrogens is 270 g/mol. The summed E-state index contributed by atoms with van der Waals surface area (Å²) in [6.45, 7) is 4.01. The number of rotatable bonds is 5. The Morgan fingerprint density at radius 2 is 2.05 bits per heavy atom. The second-order valence-corrected chi connectivity index (χ2v) is 5.61. The standard InChI is InChI=1S/C16H21NO4/c1-4-21-15(19)14-16(2,10-13(18)17-14)9-11-5-7-12(20-3)8-6-11/h5-8,14H,4,9-10H2,1-3H3,(H,17,18). The molecule has 1 aliphatic rings. The molecule has 2 unspecified atom stereocenters.